The van der Waals surface area contributed by atoms with Crippen LogP contribution in [0.4, 0.5) is 0 Å². The van der Waals surface area contributed by atoms with Crippen LogP contribution in [-0.2, 0) is 9.05 Å². The number of rotatable bonds is 1. The van der Waals surface area contributed by atoms with E-state index in [1.807, 2.05) is 6.07 Å². The van der Waals surface area contributed by atoms with E-state index in [0.717, 1.165) is 0 Å². The molecule has 0 saturated carbocycles. The first-order valence-corrected chi connectivity index (χ1v) is 7.06. The van der Waals surface area contributed by atoms with Crippen LogP contribution in [0.5, 0.6) is 0 Å². The fraction of sp³-hybridized carbons (Fsp3) is 0. The second-order valence-corrected chi connectivity index (χ2v) is 6.20. The number of aromatic nitrogens is 2. The summed E-state index contributed by atoms with van der Waals surface area (Å²) < 4.78 is 22.9. The van der Waals surface area contributed by atoms with Crippen molar-refractivity contribution in [2.24, 2.45) is 0 Å². The number of nitrogens with zero attached hydrogens (tertiary/aromatic N) is 2. The Kier molecular flexibility index (Phi) is 2.66. The lowest BCUT2D eigenvalue weighted by atomic mass is 10.2. The van der Waals surface area contributed by atoms with Gasteiger partial charge in [0.2, 0.25) is 0 Å². The Morgan fingerprint density at radius 2 is 2.19 bits per heavy atom. The molecule has 5 nitrogen and oxygen atoms in total. The van der Waals surface area contributed by atoms with Gasteiger partial charge in [-0.3, -0.25) is 0 Å². The summed E-state index contributed by atoms with van der Waals surface area (Å²) in [6.45, 7) is 0. The zero-order valence-electron chi connectivity index (χ0n) is 7.53. The average molecular weight is 321 g/mol. The second kappa shape index (κ2) is 3.73. The maximum atomic E-state index is 11.3. The minimum Gasteiger partial charge on any atom is -0.331 e. The molecule has 0 aliphatic carbocycles. The number of hydrogen-bond acceptors (Lipinski definition) is 4. The zero-order valence-corrected chi connectivity index (χ0v) is 10.7. The van der Waals surface area contributed by atoms with E-state index in [0.29, 0.717) is 15.8 Å². The Balaban J connectivity index is 2.97. The molecule has 0 fully saturated rings. The minimum absolute atomic E-state index is 0.120. The van der Waals surface area contributed by atoms with Crippen LogP contribution in [0, 0.1) is 11.3 Å². The van der Waals surface area contributed by atoms with Gasteiger partial charge < -0.3 is 4.98 Å². The van der Waals surface area contributed by atoms with E-state index in [-0.39, 0.29) is 10.4 Å². The van der Waals surface area contributed by atoms with Crippen molar-refractivity contribution in [1.29, 1.82) is 5.26 Å². The molecule has 0 amide bonds. The van der Waals surface area contributed by atoms with E-state index in [9.17, 15) is 8.42 Å². The van der Waals surface area contributed by atoms with Gasteiger partial charge in [-0.1, -0.05) is 0 Å². The van der Waals surface area contributed by atoms with Gasteiger partial charge in [0.05, 0.1) is 11.1 Å². The second-order valence-electron chi connectivity index (χ2n) is 2.91. The molecule has 0 atom stereocenters. The van der Waals surface area contributed by atoms with Crippen molar-refractivity contribution in [1.82, 2.24) is 9.97 Å². The van der Waals surface area contributed by atoms with E-state index in [4.69, 9.17) is 15.9 Å². The summed E-state index contributed by atoms with van der Waals surface area (Å²) in [7, 11) is 1.38. The normalized spacial score (nSPS) is 11.6. The molecular weight excluding hydrogens is 318 g/mol. The van der Waals surface area contributed by atoms with Crippen LogP contribution in [0.1, 0.15) is 5.56 Å². The third kappa shape index (κ3) is 1.80. The predicted octanol–water partition coefficient (Wildman–Crippen LogP) is 2.12. The first-order valence-electron chi connectivity index (χ1n) is 3.96. The van der Waals surface area contributed by atoms with E-state index in [2.05, 4.69) is 25.9 Å². The molecule has 0 bridgehead atoms. The Morgan fingerprint density at radius 1 is 1.50 bits per heavy atom. The van der Waals surface area contributed by atoms with Gasteiger partial charge in [0.1, 0.15) is 16.5 Å². The number of benzene rings is 1. The predicted molar refractivity (Wildman–Crippen MR) is 61.5 cm³/mol. The summed E-state index contributed by atoms with van der Waals surface area (Å²) in [5.74, 6) is 0. The molecule has 0 aliphatic heterocycles. The summed E-state index contributed by atoms with van der Waals surface area (Å²) in [6, 6.07) is 4.57. The lowest BCUT2D eigenvalue weighted by Gasteiger charge is -1.98. The van der Waals surface area contributed by atoms with E-state index in [1.54, 1.807) is 0 Å². The molecule has 1 aromatic carbocycles. The number of halogens is 2. The van der Waals surface area contributed by atoms with Crippen LogP contribution in [0.2, 0.25) is 0 Å². The molecule has 2 rings (SSSR count). The highest BCUT2D eigenvalue weighted by molar-refractivity contribution is 9.10. The molecule has 8 heteroatoms. The van der Waals surface area contributed by atoms with E-state index in [1.165, 1.54) is 12.1 Å². The highest BCUT2D eigenvalue weighted by Gasteiger charge is 2.19. The Bertz CT molecular complexity index is 717. The molecule has 2 aromatic rings. The van der Waals surface area contributed by atoms with Crippen molar-refractivity contribution < 1.29 is 8.42 Å². The zero-order chi connectivity index (χ0) is 11.9. The van der Waals surface area contributed by atoms with Crippen molar-refractivity contribution in [2.45, 2.75) is 4.90 Å². The maximum Gasteiger partial charge on any atom is 0.263 e. The van der Waals surface area contributed by atoms with Crippen molar-refractivity contribution in [3.8, 4) is 6.07 Å². The summed E-state index contributed by atoms with van der Waals surface area (Å²) in [5.41, 5.74) is 0.800. The number of fused-ring (bicyclic) bond motifs is 1. The lowest BCUT2D eigenvalue weighted by Crippen LogP contribution is -1.93. The molecule has 1 aromatic heterocycles. The number of H-pyrrole nitrogens is 1. The molecule has 0 radical (unpaired) electrons. The molecule has 1 heterocycles. The molecule has 0 aliphatic rings. The van der Waals surface area contributed by atoms with E-state index >= 15 is 0 Å². The summed E-state index contributed by atoms with van der Waals surface area (Å²) in [6.07, 6.45) is 0. The van der Waals surface area contributed by atoms with Gasteiger partial charge in [-0.2, -0.15) is 5.26 Å². The summed E-state index contributed by atoms with van der Waals surface area (Å²) >= 11 is 3.07. The Labute approximate surface area is 104 Å². The van der Waals surface area contributed by atoms with Crippen molar-refractivity contribution in [3.63, 3.8) is 0 Å². The van der Waals surface area contributed by atoms with Crippen molar-refractivity contribution in [3.05, 3.63) is 22.4 Å². The molecular formula is C8H3BrClN3O2S. The monoisotopic (exact) mass is 319 g/mol. The fourth-order valence-corrected chi connectivity index (χ4v) is 2.69. The topological polar surface area (TPSA) is 86.6 Å². The van der Waals surface area contributed by atoms with Crippen LogP contribution in [-0.4, -0.2) is 18.4 Å². The van der Waals surface area contributed by atoms with E-state index < -0.39 is 9.05 Å². The third-order valence-electron chi connectivity index (χ3n) is 1.96. The Hall–Kier alpha value is -1.10. The quantitative estimate of drug-likeness (QED) is 0.815. The number of nitriles is 1. The lowest BCUT2D eigenvalue weighted by molar-refractivity contribution is 0.610. The number of nitrogens with one attached hydrogen (secondary N) is 1. The fourth-order valence-electron chi connectivity index (χ4n) is 1.33. The summed E-state index contributed by atoms with van der Waals surface area (Å²) in [5, 5.41) is 8.84. The minimum atomic E-state index is -3.88. The standard InChI is InChI=1S/C8H3BrClN3O2S/c9-8-12-6-4(3-11)1-2-5(7(6)13-8)16(10,14)15/h1-2H,(H,12,13). The van der Waals surface area contributed by atoms with Gasteiger partial charge in [0.15, 0.2) is 4.73 Å². The molecule has 0 spiro atoms. The van der Waals surface area contributed by atoms with Crippen molar-refractivity contribution in [2.75, 3.05) is 0 Å². The first-order chi connectivity index (χ1) is 7.43. The van der Waals surface area contributed by atoms with Crippen LogP contribution in [0.25, 0.3) is 11.0 Å². The van der Waals surface area contributed by atoms with Gasteiger partial charge in [-0.15, -0.1) is 0 Å². The van der Waals surface area contributed by atoms with Gasteiger partial charge >= 0.3 is 0 Å². The van der Waals surface area contributed by atoms with Gasteiger partial charge in [0, 0.05) is 10.7 Å². The van der Waals surface area contributed by atoms with Gasteiger partial charge in [0.25, 0.3) is 9.05 Å². The number of aromatic amines is 1. The highest BCUT2D eigenvalue weighted by atomic mass is 79.9. The van der Waals surface area contributed by atoms with Crippen LogP contribution in [0.3, 0.4) is 0 Å². The van der Waals surface area contributed by atoms with Crippen LogP contribution < -0.4 is 0 Å². The van der Waals surface area contributed by atoms with Crippen LogP contribution in [0.15, 0.2) is 21.8 Å². The largest absolute Gasteiger partial charge is 0.331 e. The summed E-state index contributed by atoms with van der Waals surface area (Å²) in [4.78, 5) is 6.56. The number of hydrogen-bond donors (Lipinski definition) is 1. The first kappa shape index (κ1) is 11.4. The third-order valence-corrected chi connectivity index (χ3v) is 3.69. The Morgan fingerprint density at radius 3 is 2.75 bits per heavy atom. The molecule has 16 heavy (non-hydrogen) atoms. The smallest absolute Gasteiger partial charge is 0.263 e. The van der Waals surface area contributed by atoms with Gasteiger partial charge in [-0.05, 0) is 28.1 Å². The van der Waals surface area contributed by atoms with Crippen molar-refractivity contribution >= 4 is 46.7 Å². The SMILES string of the molecule is N#Cc1ccc(S(=O)(=O)Cl)c2nc(Br)[nH]c12. The molecule has 82 valence electrons. The highest BCUT2D eigenvalue weighted by Crippen LogP contribution is 2.27. The van der Waals surface area contributed by atoms with Gasteiger partial charge in [-0.25, -0.2) is 13.4 Å². The van der Waals surface area contributed by atoms with Crippen LogP contribution >= 0.6 is 26.6 Å². The number of imidazole rings is 1. The average Bonchev–Trinajstić information content (AvgIpc) is 2.55. The maximum absolute atomic E-state index is 11.3. The molecule has 1 N–H and O–H groups in total. The molecule has 0 saturated heterocycles. The molecule has 0 unspecified atom stereocenters.